The molecule has 1 saturated heterocycles. The third-order valence-electron chi connectivity index (χ3n) is 2.66. The van der Waals surface area contributed by atoms with Crippen molar-refractivity contribution >= 4 is 11.9 Å². The SMILES string of the molecule is CC(C)(C(=O)O)N1CC(CO)CC1=O. The molecule has 1 amide bonds. The molecule has 0 aromatic rings. The fraction of sp³-hybridized carbons (Fsp3) is 0.778. The molecule has 80 valence electrons. The number of likely N-dealkylation sites (tertiary alicyclic amines) is 1. The topological polar surface area (TPSA) is 77.8 Å². The fourth-order valence-electron chi connectivity index (χ4n) is 1.56. The first-order valence-electron chi connectivity index (χ1n) is 4.54. The molecule has 14 heavy (non-hydrogen) atoms. The second-order valence-electron chi connectivity index (χ2n) is 4.12. The molecule has 0 spiro atoms. The molecule has 1 atom stereocenters. The number of aliphatic carboxylic acids is 1. The summed E-state index contributed by atoms with van der Waals surface area (Å²) in [5, 5.41) is 17.8. The van der Waals surface area contributed by atoms with Crippen molar-refractivity contribution < 1.29 is 19.8 Å². The third-order valence-corrected chi connectivity index (χ3v) is 2.66. The molecule has 5 heteroatoms. The molecule has 1 fully saturated rings. The average Bonchev–Trinajstić information content (AvgIpc) is 2.47. The number of carbonyl (C=O) groups excluding carboxylic acids is 1. The molecule has 1 aliphatic heterocycles. The number of nitrogens with zero attached hydrogens (tertiary/aromatic N) is 1. The summed E-state index contributed by atoms with van der Waals surface area (Å²) >= 11 is 0. The molecule has 0 aromatic heterocycles. The fourth-order valence-corrected chi connectivity index (χ4v) is 1.56. The highest BCUT2D eigenvalue weighted by molar-refractivity contribution is 5.87. The maximum absolute atomic E-state index is 11.4. The second-order valence-corrected chi connectivity index (χ2v) is 4.12. The van der Waals surface area contributed by atoms with Crippen molar-refractivity contribution in [3.63, 3.8) is 0 Å². The Kier molecular flexibility index (Phi) is 2.80. The van der Waals surface area contributed by atoms with Crippen LogP contribution < -0.4 is 0 Å². The summed E-state index contributed by atoms with van der Waals surface area (Å²) in [6.07, 6.45) is 0.243. The van der Waals surface area contributed by atoms with Crippen molar-refractivity contribution in [3.05, 3.63) is 0 Å². The lowest BCUT2D eigenvalue weighted by Gasteiger charge is -2.31. The van der Waals surface area contributed by atoms with Crippen molar-refractivity contribution in [3.8, 4) is 0 Å². The zero-order chi connectivity index (χ0) is 10.9. The van der Waals surface area contributed by atoms with Gasteiger partial charge in [-0.2, -0.15) is 0 Å². The second kappa shape index (κ2) is 3.57. The number of aliphatic hydroxyl groups excluding tert-OH is 1. The van der Waals surface area contributed by atoms with E-state index >= 15 is 0 Å². The number of amides is 1. The molecule has 0 saturated carbocycles. The van der Waals surface area contributed by atoms with Crippen LogP contribution in [0.2, 0.25) is 0 Å². The molecule has 0 aliphatic carbocycles. The van der Waals surface area contributed by atoms with Gasteiger partial charge in [-0.3, -0.25) is 4.79 Å². The van der Waals surface area contributed by atoms with Gasteiger partial charge in [0.1, 0.15) is 5.54 Å². The van der Waals surface area contributed by atoms with Gasteiger partial charge in [0.15, 0.2) is 0 Å². The van der Waals surface area contributed by atoms with E-state index in [4.69, 9.17) is 10.2 Å². The van der Waals surface area contributed by atoms with Gasteiger partial charge in [0.2, 0.25) is 5.91 Å². The highest BCUT2D eigenvalue weighted by Gasteiger charge is 2.43. The maximum Gasteiger partial charge on any atom is 0.329 e. The van der Waals surface area contributed by atoms with Crippen LogP contribution in [0.15, 0.2) is 0 Å². The molecule has 2 N–H and O–H groups in total. The molecule has 0 radical (unpaired) electrons. The minimum atomic E-state index is -1.18. The molecular weight excluding hydrogens is 186 g/mol. The molecule has 1 rings (SSSR count). The van der Waals surface area contributed by atoms with Gasteiger partial charge < -0.3 is 15.1 Å². The largest absolute Gasteiger partial charge is 0.480 e. The average molecular weight is 201 g/mol. The Hall–Kier alpha value is -1.10. The van der Waals surface area contributed by atoms with Crippen LogP contribution >= 0.6 is 0 Å². The van der Waals surface area contributed by atoms with E-state index in [-0.39, 0.29) is 24.9 Å². The number of hydrogen-bond donors (Lipinski definition) is 2. The first-order chi connectivity index (χ1) is 6.39. The Bertz CT molecular complexity index is 262. The third kappa shape index (κ3) is 1.72. The molecule has 1 unspecified atom stereocenters. The Morgan fingerprint density at radius 2 is 2.21 bits per heavy atom. The van der Waals surface area contributed by atoms with Gasteiger partial charge in [0, 0.05) is 25.5 Å². The van der Waals surface area contributed by atoms with Gasteiger partial charge in [-0.05, 0) is 13.8 Å². The highest BCUT2D eigenvalue weighted by atomic mass is 16.4. The number of rotatable bonds is 3. The van der Waals surface area contributed by atoms with Gasteiger partial charge in [-0.15, -0.1) is 0 Å². The van der Waals surface area contributed by atoms with E-state index in [1.165, 1.54) is 18.7 Å². The van der Waals surface area contributed by atoms with Crippen LogP contribution in [0.5, 0.6) is 0 Å². The van der Waals surface area contributed by atoms with Crippen LogP contribution in [0.3, 0.4) is 0 Å². The summed E-state index contributed by atoms with van der Waals surface area (Å²) in [5.41, 5.74) is -1.18. The number of carboxylic acids is 1. The monoisotopic (exact) mass is 201 g/mol. The number of aliphatic hydroxyl groups is 1. The van der Waals surface area contributed by atoms with Crippen molar-refractivity contribution in [2.24, 2.45) is 5.92 Å². The van der Waals surface area contributed by atoms with E-state index < -0.39 is 11.5 Å². The summed E-state index contributed by atoms with van der Waals surface area (Å²) in [7, 11) is 0. The van der Waals surface area contributed by atoms with E-state index in [1.54, 1.807) is 0 Å². The molecule has 0 bridgehead atoms. The Morgan fingerprint density at radius 3 is 2.57 bits per heavy atom. The van der Waals surface area contributed by atoms with Gasteiger partial charge in [0.05, 0.1) is 0 Å². The Labute approximate surface area is 82.3 Å². The summed E-state index contributed by atoms with van der Waals surface area (Å²) in [6.45, 7) is 3.24. The van der Waals surface area contributed by atoms with Crippen LogP contribution in [-0.2, 0) is 9.59 Å². The number of hydrogen-bond acceptors (Lipinski definition) is 3. The van der Waals surface area contributed by atoms with Crippen molar-refractivity contribution in [1.29, 1.82) is 0 Å². The summed E-state index contributed by atoms with van der Waals surface area (Å²) in [4.78, 5) is 23.7. The predicted molar refractivity (Wildman–Crippen MR) is 48.6 cm³/mol. The Morgan fingerprint density at radius 1 is 1.64 bits per heavy atom. The lowest BCUT2D eigenvalue weighted by atomic mass is 10.0. The smallest absolute Gasteiger partial charge is 0.329 e. The van der Waals surface area contributed by atoms with E-state index in [1.807, 2.05) is 0 Å². The zero-order valence-electron chi connectivity index (χ0n) is 8.36. The molecule has 1 heterocycles. The van der Waals surface area contributed by atoms with Crippen molar-refractivity contribution in [1.82, 2.24) is 4.90 Å². The number of carbonyl (C=O) groups is 2. The van der Waals surface area contributed by atoms with Gasteiger partial charge >= 0.3 is 5.97 Å². The molecule has 5 nitrogen and oxygen atoms in total. The highest BCUT2D eigenvalue weighted by Crippen LogP contribution is 2.25. The lowest BCUT2D eigenvalue weighted by molar-refractivity contribution is -0.154. The van der Waals surface area contributed by atoms with Gasteiger partial charge in [-0.25, -0.2) is 4.79 Å². The Balaban J connectivity index is 2.80. The van der Waals surface area contributed by atoms with Crippen molar-refractivity contribution in [2.45, 2.75) is 25.8 Å². The normalized spacial score (nSPS) is 22.9. The lowest BCUT2D eigenvalue weighted by Crippen LogP contribution is -2.50. The first-order valence-corrected chi connectivity index (χ1v) is 4.54. The van der Waals surface area contributed by atoms with Gasteiger partial charge in [-0.1, -0.05) is 0 Å². The van der Waals surface area contributed by atoms with E-state index in [9.17, 15) is 9.59 Å². The quantitative estimate of drug-likeness (QED) is 0.656. The van der Waals surface area contributed by atoms with Crippen molar-refractivity contribution in [2.75, 3.05) is 13.2 Å². The summed E-state index contributed by atoms with van der Waals surface area (Å²) < 4.78 is 0. The minimum Gasteiger partial charge on any atom is -0.480 e. The summed E-state index contributed by atoms with van der Waals surface area (Å²) in [5.74, 6) is -1.35. The van der Waals surface area contributed by atoms with Crippen LogP contribution in [-0.4, -0.2) is 45.7 Å². The van der Waals surface area contributed by atoms with Crippen LogP contribution in [0.25, 0.3) is 0 Å². The van der Waals surface area contributed by atoms with Crippen LogP contribution in [0.1, 0.15) is 20.3 Å². The number of carboxylic acid groups (broad SMARTS) is 1. The standard InChI is InChI=1S/C9H15NO4/c1-9(2,8(13)14)10-4-6(5-11)3-7(10)12/h6,11H,3-5H2,1-2H3,(H,13,14). The molecule has 0 aromatic carbocycles. The molecular formula is C9H15NO4. The van der Waals surface area contributed by atoms with Crippen LogP contribution in [0, 0.1) is 5.92 Å². The van der Waals surface area contributed by atoms with E-state index in [0.717, 1.165) is 0 Å². The van der Waals surface area contributed by atoms with Gasteiger partial charge in [0.25, 0.3) is 0 Å². The van der Waals surface area contributed by atoms with E-state index in [0.29, 0.717) is 6.54 Å². The molecule has 1 aliphatic rings. The first kappa shape index (κ1) is 11.0. The summed E-state index contributed by atoms with van der Waals surface area (Å²) in [6, 6.07) is 0. The van der Waals surface area contributed by atoms with Crippen LogP contribution in [0.4, 0.5) is 0 Å². The zero-order valence-corrected chi connectivity index (χ0v) is 8.36. The maximum atomic E-state index is 11.4. The minimum absolute atomic E-state index is 0.0715. The predicted octanol–water partition coefficient (Wildman–Crippen LogP) is -0.310. The van der Waals surface area contributed by atoms with E-state index in [2.05, 4.69) is 0 Å².